The second-order valence-electron chi connectivity index (χ2n) is 6.27. The zero-order valence-electron chi connectivity index (χ0n) is 14.1. The minimum Gasteiger partial charge on any atom is -0.343 e. The van der Waals surface area contributed by atoms with Crippen molar-refractivity contribution in [1.29, 1.82) is 0 Å². The number of nitrogens with zero attached hydrogens (tertiary/aromatic N) is 3. The number of rotatable bonds is 5. The summed E-state index contributed by atoms with van der Waals surface area (Å²) in [6.07, 6.45) is 3.06. The summed E-state index contributed by atoms with van der Waals surface area (Å²) in [7, 11) is 0. The van der Waals surface area contributed by atoms with Gasteiger partial charge in [0, 0.05) is 32.0 Å². The summed E-state index contributed by atoms with van der Waals surface area (Å²) in [5.41, 5.74) is 1.05. The lowest BCUT2D eigenvalue weighted by Crippen LogP contribution is -2.38. The number of likely N-dealkylation sites (tertiary alicyclic amines) is 1. The second-order valence-corrected chi connectivity index (χ2v) is 6.27. The highest BCUT2D eigenvalue weighted by Gasteiger charge is 2.27. The van der Waals surface area contributed by atoms with Crippen LogP contribution < -0.4 is 5.69 Å². The van der Waals surface area contributed by atoms with Crippen LogP contribution in [0.3, 0.4) is 0 Å². The van der Waals surface area contributed by atoms with E-state index in [2.05, 4.69) is 22.3 Å². The van der Waals surface area contributed by atoms with Crippen molar-refractivity contribution in [1.82, 2.24) is 19.7 Å². The van der Waals surface area contributed by atoms with Gasteiger partial charge in [0.15, 0.2) is 0 Å². The minimum absolute atomic E-state index is 0.145. The molecular formula is C18H24N4O2. The monoisotopic (exact) mass is 328 g/mol. The van der Waals surface area contributed by atoms with Crippen LogP contribution in [0.5, 0.6) is 0 Å². The number of benzene rings is 1. The Hall–Kier alpha value is -2.37. The SMILES string of the molecule is CCn1c(C2CCN(C(=O)CCc3ccccc3)CC2)n[nH]c1=O. The molecule has 2 aromatic rings. The Bertz CT molecular complexity index is 727. The standard InChI is InChI=1S/C18H24N4O2/c1-2-22-17(19-20-18(22)24)15-10-12-21(13-11-15)16(23)9-8-14-6-4-3-5-7-14/h3-7,15H,2,8-13H2,1H3,(H,20,24). The lowest BCUT2D eigenvalue weighted by molar-refractivity contribution is -0.132. The molecule has 1 aliphatic rings. The van der Waals surface area contributed by atoms with Crippen LogP contribution in [0.25, 0.3) is 0 Å². The first-order chi connectivity index (χ1) is 11.7. The molecule has 3 rings (SSSR count). The van der Waals surface area contributed by atoms with Gasteiger partial charge in [-0.2, -0.15) is 5.10 Å². The molecule has 0 radical (unpaired) electrons. The van der Waals surface area contributed by atoms with E-state index >= 15 is 0 Å². The summed E-state index contributed by atoms with van der Waals surface area (Å²) in [5, 5.41) is 6.71. The van der Waals surface area contributed by atoms with E-state index in [1.165, 1.54) is 5.56 Å². The normalized spacial score (nSPS) is 15.6. The van der Waals surface area contributed by atoms with Gasteiger partial charge in [0.2, 0.25) is 5.91 Å². The molecule has 1 aromatic carbocycles. The number of piperidine rings is 1. The van der Waals surface area contributed by atoms with E-state index < -0.39 is 0 Å². The van der Waals surface area contributed by atoms with E-state index in [0.717, 1.165) is 38.2 Å². The second kappa shape index (κ2) is 7.47. The fourth-order valence-electron chi connectivity index (χ4n) is 3.39. The molecular weight excluding hydrogens is 304 g/mol. The quantitative estimate of drug-likeness (QED) is 0.911. The van der Waals surface area contributed by atoms with E-state index in [1.807, 2.05) is 30.0 Å². The predicted molar refractivity (Wildman–Crippen MR) is 91.8 cm³/mol. The fraction of sp³-hybridized carbons (Fsp3) is 0.500. The number of nitrogens with one attached hydrogen (secondary N) is 1. The number of H-pyrrole nitrogens is 1. The van der Waals surface area contributed by atoms with Crippen molar-refractivity contribution in [3.63, 3.8) is 0 Å². The van der Waals surface area contributed by atoms with E-state index in [9.17, 15) is 9.59 Å². The zero-order valence-corrected chi connectivity index (χ0v) is 14.1. The molecule has 0 spiro atoms. The first-order valence-corrected chi connectivity index (χ1v) is 8.66. The molecule has 0 bridgehead atoms. The number of carbonyl (C=O) groups is 1. The van der Waals surface area contributed by atoms with E-state index in [4.69, 9.17) is 0 Å². The predicted octanol–water partition coefficient (Wildman–Crippen LogP) is 1.93. The molecule has 1 aliphatic heterocycles. The van der Waals surface area contributed by atoms with Crippen molar-refractivity contribution in [2.75, 3.05) is 13.1 Å². The Kier molecular flexibility index (Phi) is 5.13. The van der Waals surface area contributed by atoms with Crippen LogP contribution in [0, 0.1) is 0 Å². The molecule has 1 saturated heterocycles. The van der Waals surface area contributed by atoms with Gasteiger partial charge in [-0.3, -0.25) is 9.36 Å². The average Bonchev–Trinajstić information content (AvgIpc) is 3.01. The van der Waals surface area contributed by atoms with Crippen molar-refractivity contribution in [3.05, 3.63) is 52.2 Å². The maximum absolute atomic E-state index is 12.4. The molecule has 2 heterocycles. The summed E-state index contributed by atoms with van der Waals surface area (Å²) in [5.74, 6) is 1.30. The van der Waals surface area contributed by atoms with Crippen LogP contribution in [-0.2, 0) is 17.8 Å². The minimum atomic E-state index is -0.145. The van der Waals surface area contributed by atoms with Crippen LogP contribution in [0.4, 0.5) is 0 Å². The van der Waals surface area contributed by atoms with Gasteiger partial charge in [-0.1, -0.05) is 30.3 Å². The molecule has 6 heteroatoms. The molecule has 1 amide bonds. The Balaban J connectivity index is 1.53. The number of aromatic nitrogens is 3. The van der Waals surface area contributed by atoms with Gasteiger partial charge in [0.05, 0.1) is 0 Å². The summed E-state index contributed by atoms with van der Waals surface area (Å²) in [6.45, 7) is 4.05. The summed E-state index contributed by atoms with van der Waals surface area (Å²) >= 11 is 0. The molecule has 6 nitrogen and oxygen atoms in total. The number of aryl methyl sites for hydroxylation is 1. The van der Waals surface area contributed by atoms with Crippen molar-refractivity contribution in [3.8, 4) is 0 Å². The summed E-state index contributed by atoms with van der Waals surface area (Å²) in [6, 6.07) is 10.1. The van der Waals surface area contributed by atoms with E-state index in [0.29, 0.717) is 13.0 Å². The largest absolute Gasteiger partial charge is 0.343 e. The molecule has 0 aliphatic carbocycles. The van der Waals surface area contributed by atoms with E-state index in [1.54, 1.807) is 4.57 Å². The number of carbonyl (C=O) groups excluding carboxylic acids is 1. The fourth-order valence-corrected chi connectivity index (χ4v) is 3.39. The molecule has 0 unspecified atom stereocenters. The van der Waals surface area contributed by atoms with Crippen molar-refractivity contribution in [2.45, 2.75) is 45.1 Å². The van der Waals surface area contributed by atoms with Crippen LogP contribution >= 0.6 is 0 Å². The third kappa shape index (κ3) is 3.58. The molecule has 128 valence electrons. The first-order valence-electron chi connectivity index (χ1n) is 8.66. The summed E-state index contributed by atoms with van der Waals surface area (Å²) in [4.78, 5) is 26.0. The van der Waals surface area contributed by atoms with Crippen LogP contribution in [-0.4, -0.2) is 38.7 Å². The topological polar surface area (TPSA) is 71.0 Å². The molecule has 1 N–H and O–H groups in total. The lowest BCUT2D eigenvalue weighted by Gasteiger charge is -2.31. The number of hydrogen-bond acceptors (Lipinski definition) is 3. The molecule has 0 saturated carbocycles. The van der Waals surface area contributed by atoms with Crippen molar-refractivity contribution < 1.29 is 4.79 Å². The summed E-state index contributed by atoms with van der Waals surface area (Å²) < 4.78 is 1.69. The Morgan fingerprint density at radius 1 is 1.25 bits per heavy atom. The Morgan fingerprint density at radius 2 is 1.96 bits per heavy atom. The van der Waals surface area contributed by atoms with Gasteiger partial charge >= 0.3 is 5.69 Å². The van der Waals surface area contributed by atoms with Gasteiger partial charge in [-0.05, 0) is 31.7 Å². The van der Waals surface area contributed by atoms with Crippen LogP contribution in [0.2, 0.25) is 0 Å². The molecule has 1 aromatic heterocycles. The van der Waals surface area contributed by atoms with Gasteiger partial charge < -0.3 is 4.90 Å². The molecule has 0 atom stereocenters. The highest BCUT2D eigenvalue weighted by Crippen LogP contribution is 2.26. The highest BCUT2D eigenvalue weighted by molar-refractivity contribution is 5.76. The van der Waals surface area contributed by atoms with Gasteiger partial charge in [0.1, 0.15) is 5.82 Å². The van der Waals surface area contributed by atoms with Gasteiger partial charge in [-0.25, -0.2) is 9.89 Å². The van der Waals surface area contributed by atoms with Crippen molar-refractivity contribution in [2.24, 2.45) is 0 Å². The third-order valence-corrected chi connectivity index (χ3v) is 4.79. The zero-order chi connectivity index (χ0) is 16.9. The van der Waals surface area contributed by atoms with Gasteiger partial charge in [0.25, 0.3) is 0 Å². The number of aromatic amines is 1. The molecule has 24 heavy (non-hydrogen) atoms. The van der Waals surface area contributed by atoms with Crippen LogP contribution in [0.15, 0.2) is 35.1 Å². The third-order valence-electron chi connectivity index (χ3n) is 4.79. The first kappa shape index (κ1) is 16.5. The number of amides is 1. The Labute approximate surface area is 141 Å². The molecule has 1 fully saturated rings. The maximum Gasteiger partial charge on any atom is 0.343 e. The van der Waals surface area contributed by atoms with Crippen LogP contribution in [0.1, 0.15) is 43.5 Å². The highest BCUT2D eigenvalue weighted by atomic mass is 16.2. The lowest BCUT2D eigenvalue weighted by atomic mass is 9.95. The van der Waals surface area contributed by atoms with Crippen molar-refractivity contribution >= 4 is 5.91 Å². The maximum atomic E-state index is 12.4. The number of hydrogen-bond donors (Lipinski definition) is 1. The Morgan fingerprint density at radius 3 is 2.62 bits per heavy atom. The van der Waals surface area contributed by atoms with Gasteiger partial charge in [-0.15, -0.1) is 0 Å². The average molecular weight is 328 g/mol. The van der Waals surface area contributed by atoms with E-state index in [-0.39, 0.29) is 17.5 Å². The smallest absolute Gasteiger partial charge is 0.343 e.